The Morgan fingerprint density at radius 2 is 2.21 bits per heavy atom. The SMILES string of the molecule is CCc1nc(NCC2(C(=O)O)CCCC2)cc(=O)[nH]1. The van der Waals surface area contributed by atoms with Crippen molar-refractivity contribution in [3.05, 3.63) is 22.2 Å². The molecule has 6 nitrogen and oxygen atoms in total. The standard InChI is InChI=1S/C13H19N3O3/c1-2-9-15-10(7-11(17)16-9)14-8-13(12(18)19)5-3-4-6-13/h7H,2-6,8H2,1H3,(H,18,19)(H2,14,15,16,17). The van der Waals surface area contributed by atoms with Crippen LogP contribution in [-0.2, 0) is 11.2 Å². The summed E-state index contributed by atoms with van der Waals surface area (Å²) in [5.41, 5.74) is -0.929. The van der Waals surface area contributed by atoms with Crippen LogP contribution in [0.3, 0.4) is 0 Å². The highest BCUT2D eigenvalue weighted by Crippen LogP contribution is 2.38. The molecule has 0 bridgehead atoms. The molecule has 1 aliphatic carbocycles. The molecule has 104 valence electrons. The van der Waals surface area contributed by atoms with Crippen LogP contribution in [0.4, 0.5) is 5.82 Å². The number of aromatic nitrogens is 2. The van der Waals surface area contributed by atoms with Crippen molar-refractivity contribution in [2.24, 2.45) is 5.41 Å². The molecule has 0 amide bonds. The van der Waals surface area contributed by atoms with Crippen molar-refractivity contribution >= 4 is 11.8 Å². The van der Waals surface area contributed by atoms with Gasteiger partial charge in [-0.2, -0.15) is 0 Å². The highest BCUT2D eigenvalue weighted by atomic mass is 16.4. The molecule has 0 unspecified atom stereocenters. The van der Waals surface area contributed by atoms with Gasteiger partial charge in [0, 0.05) is 19.0 Å². The molecular weight excluding hydrogens is 246 g/mol. The molecule has 1 aliphatic rings. The molecule has 0 atom stereocenters. The zero-order valence-electron chi connectivity index (χ0n) is 11.0. The number of hydrogen-bond acceptors (Lipinski definition) is 4. The number of aryl methyl sites for hydroxylation is 1. The molecule has 6 heteroatoms. The van der Waals surface area contributed by atoms with E-state index in [1.54, 1.807) is 0 Å². The van der Waals surface area contributed by atoms with Gasteiger partial charge in [0.25, 0.3) is 5.56 Å². The molecule has 1 aromatic heterocycles. The maximum absolute atomic E-state index is 11.4. The van der Waals surface area contributed by atoms with Crippen molar-refractivity contribution in [3.8, 4) is 0 Å². The Balaban J connectivity index is 2.11. The zero-order chi connectivity index (χ0) is 13.9. The summed E-state index contributed by atoms with van der Waals surface area (Å²) >= 11 is 0. The number of carboxylic acids is 1. The van der Waals surface area contributed by atoms with Gasteiger partial charge in [0.15, 0.2) is 0 Å². The summed E-state index contributed by atoms with van der Waals surface area (Å²) in [4.78, 5) is 29.7. The minimum Gasteiger partial charge on any atom is -0.481 e. The zero-order valence-corrected chi connectivity index (χ0v) is 11.0. The third-order valence-electron chi connectivity index (χ3n) is 3.75. The number of aliphatic carboxylic acids is 1. The number of anilines is 1. The van der Waals surface area contributed by atoms with E-state index in [0.717, 1.165) is 12.8 Å². The van der Waals surface area contributed by atoms with E-state index < -0.39 is 11.4 Å². The third kappa shape index (κ3) is 2.94. The largest absolute Gasteiger partial charge is 0.481 e. The highest BCUT2D eigenvalue weighted by Gasteiger charge is 2.41. The highest BCUT2D eigenvalue weighted by molar-refractivity contribution is 5.75. The van der Waals surface area contributed by atoms with Crippen molar-refractivity contribution < 1.29 is 9.90 Å². The second-order valence-corrected chi connectivity index (χ2v) is 5.08. The minimum atomic E-state index is -0.766. The van der Waals surface area contributed by atoms with Gasteiger partial charge >= 0.3 is 5.97 Å². The number of rotatable bonds is 5. The summed E-state index contributed by atoms with van der Waals surface area (Å²) in [6, 6.07) is 1.36. The van der Waals surface area contributed by atoms with E-state index in [2.05, 4.69) is 15.3 Å². The summed E-state index contributed by atoms with van der Waals surface area (Å²) in [6.45, 7) is 2.22. The molecule has 0 aromatic carbocycles. The van der Waals surface area contributed by atoms with E-state index in [-0.39, 0.29) is 5.56 Å². The predicted octanol–water partition coefficient (Wildman–Crippen LogP) is 1.39. The first-order valence-electron chi connectivity index (χ1n) is 6.63. The fraction of sp³-hybridized carbons (Fsp3) is 0.615. The van der Waals surface area contributed by atoms with Gasteiger partial charge < -0.3 is 15.4 Å². The maximum Gasteiger partial charge on any atom is 0.311 e. The number of hydrogen-bond donors (Lipinski definition) is 3. The Morgan fingerprint density at radius 1 is 1.53 bits per heavy atom. The fourth-order valence-electron chi connectivity index (χ4n) is 2.54. The summed E-state index contributed by atoms with van der Waals surface area (Å²) < 4.78 is 0. The van der Waals surface area contributed by atoms with Crippen LogP contribution in [0.2, 0.25) is 0 Å². The number of carboxylic acid groups (broad SMARTS) is 1. The minimum absolute atomic E-state index is 0.217. The second kappa shape index (κ2) is 5.42. The molecular formula is C13H19N3O3. The molecule has 3 N–H and O–H groups in total. The number of nitrogens with zero attached hydrogens (tertiary/aromatic N) is 1. The molecule has 0 radical (unpaired) electrons. The van der Waals surface area contributed by atoms with Crippen LogP contribution < -0.4 is 10.9 Å². The molecule has 1 fully saturated rings. The lowest BCUT2D eigenvalue weighted by molar-refractivity contribution is -0.147. The van der Waals surface area contributed by atoms with E-state index >= 15 is 0 Å². The molecule has 0 saturated heterocycles. The van der Waals surface area contributed by atoms with Crippen LogP contribution in [0.1, 0.15) is 38.4 Å². The third-order valence-corrected chi connectivity index (χ3v) is 3.75. The molecule has 1 heterocycles. The number of nitrogens with one attached hydrogen (secondary N) is 2. The van der Waals surface area contributed by atoms with Crippen LogP contribution in [0.25, 0.3) is 0 Å². The Bertz CT molecular complexity index is 518. The molecule has 1 aromatic rings. The number of H-pyrrole nitrogens is 1. The Kier molecular flexibility index (Phi) is 3.87. The molecule has 1 saturated carbocycles. The lowest BCUT2D eigenvalue weighted by Crippen LogP contribution is -2.35. The van der Waals surface area contributed by atoms with Crippen LogP contribution in [-0.4, -0.2) is 27.6 Å². The first kappa shape index (κ1) is 13.6. The predicted molar refractivity (Wildman–Crippen MR) is 71.3 cm³/mol. The van der Waals surface area contributed by atoms with Crippen molar-refractivity contribution in [3.63, 3.8) is 0 Å². The number of carbonyl (C=O) groups is 1. The average Bonchev–Trinajstić information content (AvgIpc) is 2.86. The summed E-state index contributed by atoms with van der Waals surface area (Å²) in [6.07, 6.45) is 3.88. The number of aromatic amines is 1. The topological polar surface area (TPSA) is 95.1 Å². The monoisotopic (exact) mass is 265 g/mol. The average molecular weight is 265 g/mol. The van der Waals surface area contributed by atoms with E-state index in [1.807, 2.05) is 6.92 Å². The summed E-state index contributed by atoms with van der Waals surface area (Å²) in [5.74, 6) is 0.289. The van der Waals surface area contributed by atoms with Crippen molar-refractivity contribution in [1.82, 2.24) is 9.97 Å². The van der Waals surface area contributed by atoms with Gasteiger partial charge in [-0.1, -0.05) is 19.8 Å². The van der Waals surface area contributed by atoms with Crippen molar-refractivity contribution in [2.45, 2.75) is 39.0 Å². The van der Waals surface area contributed by atoms with Crippen LogP contribution in [0.15, 0.2) is 10.9 Å². The van der Waals surface area contributed by atoms with E-state index in [0.29, 0.717) is 37.4 Å². The van der Waals surface area contributed by atoms with E-state index in [4.69, 9.17) is 0 Å². The van der Waals surface area contributed by atoms with Crippen molar-refractivity contribution in [2.75, 3.05) is 11.9 Å². The van der Waals surface area contributed by atoms with Gasteiger partial charge in [0.2, 0.25) is 0 Å². The molecule has 0 spiro atoms. The van der Waals surface area contributed by atoms with Crippen LogP contribution >= 0.6 is 0 Å². The van der Waals surface area contributed by atoms with Gasteiger partial charge in [-0.3, -0.25) is 9.59 Å². The molecule has 19 heavy (non-hydrogen) atoms. The molecule has 2 rings (SSSR count). The van der Waals surface area contributed by atoms with E-state index in [1.165, 1.54) is 6.07 Å². The summed E-state index contributed by atoms with van der Waals surface area (Å²) in [7, 11) is 0. The lowest BCUT2D eigenvalue weighted by Gasteiger charge is -2.24. The quantitative estimate of drug-likeness (QED) is 0.747. The first-order chi connectivity index (χ1) is 9.05. The lowest BCUT2D eigenvalue weighted by atomic mass is 9.86. The normalized spacial score (nSPS) is 17.3. The Hall–Kier alpha value is -1.85. The maximum atomic E-state index is 11.4. The first-order valence-corrected chi connectivity index (χ1v) is 6.63. The van der Waals surface area contributed by atoms with Crippen molar-refractivity contribution in [1.29, 1.82) is 0 Å². The van der Waals surface area contributed by atoms with Gasteiger partial charge in [0.05, 0.1) is 5.41 Å². The van der Waals surface area contributed by atoms with Gasteiger partial charge in [-0.05, 0) is 12.8 Å². The van der Waals surface area contributed by atoms with E-state index in [9.17, 15) is 14.7 Å². The van der Waals surface area contributed by atoms with Gasteiger partial charge in [0.1, 0.15) is 11.6 Å². The smallest absolute Gasteiger partial charge is 0.311 e. The Labute approximate surface area is 111 Å². The van der Waals surface area contributed by atoms with Crippen LogP contribution in [0.5, 0.6) is 0 Å². The fourth-order valence-corrected chi connectivity index (χ4v) is 2.54. The molecule has 0 aliphatic heterocycles. The summed E-state index contributed by atoms with van der Waals surface area (Å²) in [5, 5.41) is 12.4. The second-order valence-electron chi connectivity index (χ2n) is 5.08. The van der Waals surface area contributed by atoms with Gasteiger partial charge in [-0.25, -0.2) is 4.98 Å². The Morgan fingerprint density at radius 3 is 2.79 bits per heavy atom. The van der Waals surface area contributed by atoms with Gasteiger partial charge in [-0.15, -0.1) is 0 Å². The van der Waals surface area contributed by atoms with Crippen LogP contribution in [0, 0.1) is 5.41 Å².